The zero-order chi connectivity index (χ0) is 16.0. The number of aromatic nitrogens is 2. The van der Waals surface area contributed by atoms with E-state index in [4.69, 9.17) is 12.2 Å². The number of H-pyrrole nitrogens is 1. The van der Waals surface area contributed by atoms with Crippen molar-refractivity contribution in [3.8, 4) is 5.69 Å². The molecule has 2 aromatic carbocycles. The number of nitrogens with one attached hydrogen (secondary N) is 1. The Morgan fingerprint density at radius 2 is 1.39 bits per heavy atom. The van der Waals surface area contributed by atoms with Crippen LogP contribution in [0.15, 0.2) is 65.5 Å². The molecule has 3 aromatic rings. The Kier molecular flexibility index (Phi) is 2.99. The fourth-order valence-electron chi connectivity index (χ4n) is 2.68. The highest BCUT2D eigenvalue weighted by molar-refractivity contribution is 7.81. The number of fused-ring (bicyclic) bond motifs is 1. The number of nitrogens with zero attached hydrogens (tertiary/aromatic N) is 2. The third kappa shape index (κ3) is 1.96. The Balaban J connectivity index is 1.85. The maximum absolute atomic E-state index is 12.7. The lowest BCUT2D eigenvalue weighted by Crippen LogP contribution is -2.32. The largest absolute Gasteiger partial charge is 0.287 e. The molecule has 0 radical (unpaired) electrons. The maximum atomic E-state index is 12.7. The van der Waals surface area contributed by atoms with Gasteiger partial charge in [-0.1, -0.05) is 48.6 Å². The SMILES string of the molecule is O=C1c2c([nH]n(-c3ccccc3)c2=O)C(=S)N1c1ccccc1. The first-order valence-electron chi connectivity index (χ1n) is 7.03. The van der Waals surface area contributed by atoms with Crippen LogP contribution in [0.5, 0.6) is 0 Å². The van der Waals surface area contributed by atoms with E-state index in [0.717, 1.165) is 0 Å². The molecule has 2 heterocycles. The number of aromatic amines is 1. The first-order valence-corrected chi connectivity index (χ1v) is 7.43. The second kappa shape index (κ2) is 5.03. The predicted octanol–water partition coefficient (Wildman–Crippen LogP) is 2.50. The van der Waals surface area contributed by atoms with Gasteiger partial charge in [0.1, 0.15) is 16.2 Å². The van der Waals surface area contributed by atoms with Crippen molar-refractivity contribution in [1.82, 2.24) is 9.78 Å². The number of hydrogen-bond acceptors (Lipinski definition) is 3. The van der Waals surface area contributed by atoms with Gasteiger partial charge in [-0.2, -0.15) is 0 Å². The van der Waals surface area contributed by atoms with E-state index in [1.54, 1.807) is 24.3 Å². The number of carbonyl (C=O) groups excluding carboxylic acids is 1. The zero-order valence-corrected chi connectivity index (χ0v) is 12.7. The first-order chi connectivity index (χ1) is 11.2. The molecule has 1 amide bonds. The summed E-state index contributed by atoms with van der Waals surface area (Å²) in [6, 6.07) is 18.1. The molecule has 23 heavy (non-hydrogen) atoms. The molecule has 4 rings (SSSR count). The molecule has 6 heteroatoms. The van der Waals surface area contributed by atoms with Gasteiger partial charge >= 0.3 is 0 Å². The van der Waals surface area contributed by atoms with Crippen LogP contribution >= 0.6 is 12.2 Å². The highest BCUT2D eigenvalue weighted by Gasteiger charge is 2.39. The van der Waals surface area contributed by atoms with Gasteiger partial charge in [-0.25, -0.2) is 4.68 Å². The number of para-hydroxylation sites is 2. The molecule has 0 spiro atoms. The molecule has 1 aliphatic heterocycles. The lowest BCUT2D eigenvalue weighted by atomic mass is 10.3. The van der Waals surface area contributed by atoms with Crippen LogP contribution in [0.25, 0.3) is 5.69 Å². The summed E-state index contributed by atoms with van der Waals surface area (Å²) in [5, 5.41) is 2.96. The normalized spacial score (nSPS) is 13.5. The number of thiocarbonyl (C=S) groups is 1. The van der Waals surface area contributed by atoms with Crippen LogP contribution in [0.3, 0.4) is 0 Å². The van der Waals surface area contributed by atoms with E-state index in [0.29, 0.717) is 22.1 Å². The molecule has 1 N–H and O–H groups in total. The molecule has 0 fully saturated rings. The van der Waals surface area contributed by atoms with Crippen molar-refractivity contribution in [1.29, 1.82) is 0 Å². The van der Waals surface area contributed by atoms with Crippen LogP contribution in [0, 0.1) is 0 Å². The fraction of sp³-hybridized carbons (Fsp3) is 0. The van der Waals surface area contributed by atoms with E-state index in [1.807, 2.05) is 36.4 Å². The molecule has 5 nitrogen and oxygen atoms in total. The smallest absolute Gasteiger partial charge is 0.284 e. The minimum Gasteiger partial charge on any atom is -0.287 e. The van der Waals surface area contributed by atoms with Crippen molar-refractivity contribution >= 4 is 28.8 Å². The summed E-state index contributed by atoms with van der Waals surface area (Å²) >= 11 is 5.40. The third-order valence-electron chi connectivity index (χ3n) is 3.75. The van der Waals surface area contributed by atoms with Crippen molar-refractivity contribution in [2.75, 3.05) is 4.90 Å². The van der Waals surface area contributed by atoms with Gasteiger partial charge in [0.2, 0.25) is 0 Å². The number of benzene rings is 2. The summed E-state index contributed by atoms with van der Waals surface area (Å²) in [5.74, 6) is -0.396. The Morgan fingerprint density at radius 1 is 0.826 bits per heavy atom. The molecule has 112 valence electrons. The van der Waals surface area contributed by atoms with Crippen molar-refractivity contribution in [2.24, 2.45) is 0 Å². The summed E-state index contributed by atoms with van der Waals surface area (Å²) in [7, 11) is 0. The number of rotatable bonds is 2. The molecule has 1 aliphatic rings. The highest BCUT2D eigenvalue weighted by atomic mass is 32.1. The average molecular weight is 321 g/mol. The number of amides is 1. The minimum atomic E-state index is -0.396. The van der Waals surface area contributed by atoms with Gasteiger partial charge in [0.05, 0.1) is 11.4 Å². The molecule has 0 atom stereocenters. The summed E-state index contributed by atoms with van der Waals surface area (Å²) in [6.45, 7) is 0. The van der Waals surface area contributed by atoms with E-state index >= 15 is 0 Å². The van der Waals surface area contributed by atoms with Crippen LogP contribution in [-0.4, -0.2) is 20.7 Å². The summed E-state index contributed by atoms with van der Waals surface area (Å²) in [4.78, 5) is 27.0. The van der Waals surface area contributed by atoms with E-state index in [1.165, 1.54) is 9.58 Å². The van der Waals surface area contributed by atoms with Crippen LogP contribution < -0.4 is 10.5 Å². The quantitative estimate of drug-likeness (QED) is 0.738. The third-order valence-corrected chi connectivity index (χ3v) is 4.14. The second-order valence-corrected chi connectivity index (χ2v) is 5.51. The lowest BCUT2D eigenvalue weighted by molar-refractivity contribution is 0.101. The van der Waals surface area contributed by atoms with Gasteiger partial charge in [0.15, 0.2) is 0 Å². The topological polar surface area (TPSA) is 58.1 Å². The fourth-order valence-corrected chi connectivity index (χ4v) is 3.01. The maximum Gasteiger partial charge on any atom is 0.284 e. The van der Waals surface area contributed by atoms with Crippen molar-refractivity contribution in [2.45, 2.75) is 0 Å². The Bertz CT molecular complexity index is 974. The van der Waals surface area contributed by atoms with Crippen molar-refractivity contribution in [3.63, 3.8) is 0 Å². The molecule has 0 saturated carbocycles. The molecule has 0 unspecified atom stereocenters. The molecule has 0 bridgehead atoms. The van der Waals surface area contributed by atoms with Crippen molar-refractivity contribution < 1.29 is 4.79 Å². The van der Waals surface area contributed by atoms with Gasteiger partial charge in [-0.3, -0.25) is 19.6 Å². The molecule has 1 aromatic heterocycles. The minimum absolute atomic E-state index is 0.0858. The van der Waals surface area contributed by atoms with Gasteiger partial charge in [-0.05, 0) is 24.3 Å². The zero-order valence-electron chi connectivity index (χ0n) is 11.9. The predicted molar refractivity (Wildman–Crippen MR) is 91.3 cm³/mol. The standard InChI is InChI=1S/C17H11N3O2S/c21-15-13-14(17(23)19(15)11-7-3-1-4-8-11)18-20(16(13)22)12-9-5-2-6-10-12/h1-10,18H. The summed E-state index contributed by atoms with van der Waals surface area (Å²) in [5.41, 5.74) is 1.40. The molecular weight excluding hydrogens is 310 g/mol. The van der Waals surface area contributed by atoms with Gasteiger partial charge in [0, 0.05) is 0 Å². The molecule has 0 saturated heterocycles. The van der Waals surface area contributed by atoms with Crippen LogP contribution in [-0.2, 0) is 0 Å². The second-order valence-electron chi connectivity index (χ2n) is 5.12. The Labute approximate surface area is 136 Å². The average Bonchev–Trinajstić information content (AvgIpc) is 3.05. The van der Waals surface area contributed by atoms with E-state index < -0.39 is 11.5 Å². The Hall–Kier alpha value is -2.99. The number of hydrogen-bond donors (Lipinski definition) is 1. The van der Waals surface area contributed by atoms with E-state index in [2.05, 4.69) is 5.10 Å². The Morgan fingerprint density at radius 3 is 1.96 bits per heavy atom. The van der Waals surface area contributed by atoms with E-state index in [9.17, 15) is 9.59 Å². The van der Waals surface area contributed by atoms with Gasteiger partial charge in [0.25, 0.3) is 11.5 Å². The summed E-state index contributed by atoms with van der Waals surface area (Å²) in [6.07, 6.45) is 0. The van der Waals surface area contributed by atoms with Gasteiger partial charge in [-0.15, -0.1) is 0 Å². The van der Waals surface area contributed by atoms with Crippen LogP contribution in [0.2, 0.25) is 0 Å². The summed E-state index contributed by atoms with van der Waals surface area (Å²) < 4.78 is 1.34. The first kappa shape index (κ1) is 13.7. The van der Waals surface area contributed by atoms with Crippen molar-refractivity contribution in [3.05, 3.63) is 82.3 Å². The monoisotopic (exact) mass is 321 g/mol. The van der Waals surface area contributed by atoms with Crippen LogP contribution in [0.1, 0.15) is 16.1 Å². The number of anilines is 1. The molecule has 0 aliphatic carbocycles. The van der Waals surface area contributed by atoms with Gasteiger partial charge < -0.3 is 0 Å². The van der Waals surface area contributed by atoms with E-state index in [-0.39, 0.29) is 5.56 Å². The highest BCUT2D eigenvalue weighted by Crippen LogP contribution is 2.26. The number of carbonyl (C=O) groups is 1. The van der Waals surface area contributed by atoms with Crippen LogP contribution in [0.4, 0.5) is 5.69 Å². The lowest BCUT2D eigenvalue weighted by Gasteiger charge is -2.16. The molecular formula is C17H11N3O2S.